The molecule has 1 aromatic rings. The number of ether oxygens (including phenoxy) is 2. The second kappa shape index (κ2) is 8.59. The van der Waals surface area contributed by atoms with E-state index in [4.69, 9.17) is 14.7 Å². The standard InChI is InChI=1S/C15H18N2O4/c1-3-20-15(19)17-13(14(10-16)21-11(2)18)9-12-7-5-4-6-8-12/h4-8,13-14H,3,9H2,1-2H3,(H,17,19)/t13-,14?/m0/s1. The Labute approximate surface area is 123 Å². The van der Waals surface area contributed by atoms with E-state index < -0.39 is 24.2 Å². The molecule has 0 saturated heterocycles. The number of nitrogens with one attached hydrogen (secondary N) is 1. The van der Waals surface area contributed by atoms with Gasteiger partial charge in [-0.15, -0.1) is 0 Å². The minimum absolute atomic E-state index is 0.217. The smallest absolute Gasteiger partial charge is 0.407 e. The van der Waals surface area contributed by atoms with E-state index in [2.05, 4.69) is 5.32 Å². The van der Waals surface area contributed by atoms with Crippen molar-refractivity contribution in [3.05, 3.63) is 35.9 Å². The zero-order valence-corrected chi connectivity index (χ0v) is 12.0. The van der Waals surface area contributed by atoms with Gasteiger partial charge in [0.2, 0.25) is 6.10 Å². The lowest BCUT2D eigenvalue weighted by atomic mass is 10.0. The quantitative estimate of drug-likeness (QED) is 0.807. The predicted molar refractivity (Wildman–Crippen MR) is 75.3 cm³/mol. The Morgan fingerprint density at radius 2 is 2.00 bits per heavy atom. The highest BCUT2D eigenvalue weighted by molar-refractivity contribution is 5.68. The number of amides is 1. The molecule has 0 aromatic heterocycles. The Morgan fingerprint density at radius 1 is 1.33 bits per heavy atom. The molecule has 1 unspecified atom stereocenters. The summed E-state index contributed by atoms with van der Waals surface area (Å²) in [6.45, 7) is 3.11. The molecule has 6 heteroatoms. The molecule has 1 N–H and O–H groups in total. The van der Waals surface area contributed by atoms with Crippen LogP contribution >= 0.6 is 0 Å². The van der Waals surface area contributed by atoms with Crippen LogP contribution < -0.4 is 5.32 Å². The second-order valence-corrected chi connectivity index (χ2v) is 4.32. The number of alkyl carbamates (subject to hydrolysis) is 1. The minimum Gasteiger partial charge on any atom is -0.450 e. The summed E-state index contributed by atoms with van der Waals surface area (Å²) in [5, 5.41) is 11.7. The predicted octanol–water partition coefficient (Wildman–Crippen LogP) is 1.80. The summed E-state index contributed by atoms with van der Waals surface area (Å²) in [5.74, 6) is -0.578. The Balaban J connectivity index is 2.85. The molecular formula is C15H18N2O4. The van der Waals surface area contributed by atoms with Crippen molar-refractivity contribution < 1.29 is 19.1 Å². The molecule has 112 valence electrons. The molecule has 0 aliphatic rings. The zero-order chi connectivity index (χ0) is 15.7. The van der Waals surface area contributed by atoms with E-state index in [1.54, 1.807) is 6.92 Å². The van der Waals surface area contributed by atoms with Crippen LogP contribution in [0.25, 0.3) is 0 Å². The first-order chi connectivity index (χ1) is 10.1. The average molecular weight is 290 g/mol. The van der Waals surface area contributed by atoms with E-state index >= 15 is 0 Å². The van der Waals surface area contributed by atoms with Crippen LogP contribution in [0.2, 0.25) is 0 Å². The Morgan fingerprint density at radius 3 is 2.52 bits per heavy atom. The van der Waals surface area contributed by atoms with Gasteiger partial charge in [0.05, 0.1) is 12.6 Å². The summed E-state index contributed by atoms with van der Waals surface area (Å²) >= 11 is 0. The molecule has 0 fully saturated rings. The van der Waals surface area contributed by atoms with Crippen LogP contribution in [0, 0.1) is 11.3 Å². The lowest BCUT2D eigenvalue weighted by Gasteiger charge is -2.22. The van der Waals surface area contributed by atoms with Gasteiger partial charge in [-0.05, 0) is 18.9 Å². The van der Waals surface area contributed by atoms with E-state index in [0.717, 1.165) is 5.56 Å². The maximum absolute atomic E-state index is 11.6. The molecule has 0 aliphatic heterocycles. The summed E-state index contributed by atoms with van der Waals surface area (Å²) < 4.78 is 9.75. The average Bonchev–Trinajstić information content (AvgIpc) is 2.45. The van der Waals surface area contributed by atoms with Crippen molar-refractivity contribution >= 4 is 12.1 Å². The molecule has 1 rings (SSSR count). The normalized spacial score (nSPS) is 12.6. The number of carbonyl (C=O) groups is 2. The molecule has 0 aliphatic carbocycles. The summed E-state index contributed by atoms with van der Waals surface area (Å²) in [6.07, 6.45) is -1.37. The third-order valence-corrected chi connectivity index (χ3v) is 2.66. The van der Waals surface area contributed by atoms with Gasteiger partial charge in [0.1, 0.15) is 6.07 Å². The number of hydrogen-bond donors (Lipinski definition) is 1. The molecule has 1 aromatic carbocycles. The minimum atomic E-state index is -1.08. The van der Waals surface area contributed by atoms with E-state index in [0.29, 0.717) is 6.42 Å². The number of esters is 1. The fourth-order valence-corrected chi connectivity index (χ4v) is 1.80. The van der Waals surface area contributed by atoms with Crippen molar-refractivity contribution in [1.29, 1.82) is 5.26 Å². The van der Waals surface area contributed by atoms with E-state index in [1.807, 2.05) is 36.4 Å². The van der Waals surface area contributed by atoms with Crippen LogP contribution in [0.3, 0.4) is 0 Å². The van der Waals surface area contributed by atoms with Crippen molar-refractivity contribution in [2.45, 2.75) is 32.4 Å². The largest absolute Gasteiger partial charge is 0.450 e. The molecule has 0 bridgehead atoms. The molecule has 0 saturated carbocycles. The topological polar surface area (TPSA) is 88.4 Å². The zero-order valence-electron chi connectivity index (χ0n) is 12.0. The SMILES string of the molecule is CCOC(=O)N[C@@H](Cc1ccccc1)C(C#N)OC(C)=O. The van der Waals surface area contributed by atoms with Crippen LogP contribution in [-0.2, 0) is 20.7 Å². The third-order valence-electron chi connectivity index (χ3n) is 2.66. The third kappa shape index (κ3) is 5.95. The van der Waals surface area contributed by atoms with Gasteiger partial charge in [0, 0.05) is 6.92 Å². The summed E-state index contributed by atoms with van der Waals surface area (Å²) in [7, 11) is 0. The van der Waals surface area contributed by atoms with Crippen LogP contribution in [0.4, 0.5) is 4.79 Å². The fraction of sp³-hybridized carbons (Fsp3) is 0.400. The number of nitrogens with zero attached hydrogens (tertiary/aromatic N) is 1. The van der Waals surface area contributed by atoms with Gasteiger partial charge in [0.25, 0.3) is 0 Å². The maximum atomic E-state index is 11.6. The maximum Gasteiger partial charge on any atom is 0.407 e. The summed E-state index contributed by atoms with van der Waals surface area (Å²) in [5.41, 5.74) is 0.909. The lowest BCUT2D eigenvalue weighted by Crippen LogP contribution is -2.46. The van der Waals surface area contributed by atoms with Gasteiger partial charge in [-0.3, -0.25) is 4.79 Å². The van der Waals surface area contributed by atoms with Crippen molar-refractivity contribution in [1.82, 2.24) is 5.32 Å². The second-order valence-electron chi connectivity index (χ2n) is 4.32. The van der Waals surface area contributed by atoms with Gasteiger partial charge >= 0.3 is 12.1 Å². The van der Waals surface area contributed by atoms with Crippen LogP contribution in [0.1, 0.15) is 19.4 Å². The molecule has 0 radical (unpaired) electrons. The van der Waals surface area contributed by atoms with E-state index in [1.165, 1.54) is 6.92 Å². The number of benzene rings is 1. The van der Waals surface area contributed by atoms with Crippen LogP contribution in [-0.4, -0.2) is 30.8 Å². The fourth-order valence-electron chi connectivity index (χ4n) is 1.80. The van der Waals surface area contributed by atoms with Gasteiger partial charge in [-0.1, -0.05) is 30.3 Å². The van der Waals surface area contributed by atoms with Crippen LogP contribution in [0.5, 0.6) is 0 Å². The van der Waals surface area contributed by atoms with Crippen molar-refractivity contribution in [2.75, 3.05) is 6.61 Å². The van der Waals surface area contributed by atoms with E-state index in [-0.39, 0.29) is 6.61 Å². The van der Waals surface area contributed by atoms with Gasteiger partial charge in [-0.2, -0.15) is 5.26 Å². The molecular weight excluding hydrogens is 272 g/mol. The van der Waals surface area contributed by atoms with Gasteiger partial charge in [0.15, 0.2) is 0 Å². The number of rotatable bonds is 6. The van der Waals surface area contributed by atoms with Crippen LogP contribution in [0.15, 0.2) is 30.3 Å². The van der Waals surface area contributed by atoms with E-state index in [9.17, 15) is 9.59 Å². The highest BCUT2D eigenvalue weighted by Gasteiger charge is 2.26. The molecule has 0 heterocycles. The lowest BCUT2D eigenvalue weighted by molar-refractivity contribution is -0.144. The first-order valence-electron chi connectivity index (χ1n) is 6.60. The van der Waals surface area contributed by atoms with Crippen molar-refractivity contribution in [3.8, 4) is 6.07 Å². The number of nitriles is 1. The van der Waals surface area contributed by atoms with Crippen molar-refractivity contribution in [3.63, 3.8) is 0 Å². The number of carbonyl (C=O) groups excluding carboxylic acids is 2. The monoisotopic (exact) mass is 290 g/mol. The number of hydrogen-bond acceptors (Lipinski definition) is 5. The Bertz CT molecular complexity index is 510. The molecule has 6 nitrogen and oxygen atoms in total. The Kier molecular flexibility index (Phi) is 6.75. The Hall–Kier alpha value is -2.55. The highest BCUT2D eigenvalue weighted by atomic mass is 16.6. The molecule has 21 heavy (non-hydrogen) atoms. The molecule has 0 spiro atoms. The first-order valence-corrected chi connectivity index (χ1v) is 6.60. The highest BCUT2D eigenvalue weighted by Crippen LogP contribution is 2.09. The summed E-state index contributed by atoms with van der Waals surface area (Å²) in [6, 6.07) is 10.5. The molecule has 1 amide bonds. The summed E-state index contributed by atoms with van der Waals surface area (Å²) in [4.78, 5) is 22.6. The van der Waals surface area contributed by atoms with Gasteiger partial charge in [-0.25, -0.2) is 4.79 Å². The first kappa shape index (κ1) is 16.5. The molecule has 2 atom stereocenters. The van der Waals surface area contributed by atoms with Gasteiger partial charge < -0.3 is 14.8 Å². The van der Waals surface area contributed by atoms with Crippen molar-refractivity contribution in [2.24, 2.45) is 0 Å².